The summed E-state index contributed by atoms with van der Waals surface area (Å²) in [5.74, 6) is 1.07. The number of imidazole rings is 1. The van der Waals surface area contributed by atoms with E-state index in [1.54, 1.807) is 12.1 Å². The molecule has 1 aliphatic heterocycles. The van der Waals surface area contributed by atoms with Crippen molar-refractivity contribution in [2.24, 2.45) is 11.3 Å². The van der Waals surface area contributed by atoms with E-state index >= 15 is 0 Å². The minimum atomic E-state index is -4.77. The van der Waals surface area contributed by atoms with Gasteiger partial charge in [0.2, 0.25) is 5.95 Å². The van der Waals surface area contributed by atoms with Crippen LogP contribution in [0, 0.1) is 11.3 Å². The first-order valence-electron chi connectivity index (χ1n) is 13.9. The van der Waals surface area contributed by atoms with Crippen molar-refractivity contribution in [1.29, 1.82) is 0 Å². The molecule has 0 unspecified atom stereocenters. The van der Waals surface area contributed by atoms with Crippen molar-refractivity contribution in [2.45, 2.75) is 71.3 Å². The van der Waals surface area contributed by atoms with E-state index in [2.05, 4.69) is 40.7 Å². The minimum absolute atomic E-state index is 0.0935. The van der Waals surface area contributed by atoms with Crippen LogP contribution in [0.1, 0.15) is 69.3 Å². The third-order valence-electron chi connectivity index (χ3n) is 7.95. The first-order chi connectivity index (χ1) is 19.2. The van der Waals surface area contributed by atoms with Gasteiger partial charge in [0.15, 0.2) is 0 Å². The highest BCUT2D eigenvalue weighted by Gasteiger charge is 2.35. The molecular formula is C29H37F3N4O4S. The van der Waals surface area contributed by atoms with Gasteiger partial charge in [-0.1, -0.05) is 20.8 Å². The lowest BCUT2D eigenvalue weighted by Crippen LogP contribution is -2.39. The lowest BCUT2D eigenvalue weighted by atomic mass is 9.70. The Bertz CT molecular complexity index is 1400. The third kappa shape index (κ3) is 7.28. The molecule has 1 aromatic heterocycles. The molecule has 2 aliphatic rings. The smallest absolute Gasteiger partial charge is 0.406 e. The van der Waals surface area contributed by atoms with E-state index < -0.39 is 17.0 Å². The summed E-state index contributed by atoms with van der Waals surface area (Å²) in [6, 6.07) is 10.9. The lowest BCUT2D eigenvalue weighted by molar-refractivity contribution is -0.274. The third-order valence-corrected chi connectivity index (χ3v) is 9.73. The first-order valence-corrected chi connectivity index (χ1v) is 15.7. The number of ether oxygens (including phenoxy) is 1. The van der Waals surface area contributed by atoms with Gasteiger partial charge < -0.3 is 19.9 Å². The summed E-state index contributed by atoms with van der Waals surface area (Å²) in [6.07, 6.45) is -0.807. The second-order valence-corrected chi connectivity index (χ2v) is 14.7. The van der Waals surface area contributed by atoms with Crippen LogP contribution in [0.3, 0.4) is 0 Å². The molecule has 0 spiro atoms. The lowest BCUT2D eigenvalue weighted by Gasteiger charge is -2.40. The van der Waals surface area contributed by atoms with Crippen LogP contribution in [0.4, 0.5) is 24.8 Å². The van der Waals surface area contributed by atoms with Crippen LogP contribution in [-0.2, 0) is 0 Å². The van der Waals surface area contributed by atoms with Gasteiger partial charge in [-0.25, -0.2) is 4.98 Å². The molecule has 1 aliphatic carbocycles. The van der Waals surface area contributed by atoms with Gasteiger partial charge in [0.25, 0.3) is 5.91 Å². The number of aromatic nitrogens is 2. The van der Waals surface area contributed by atoms with E-state index in [1.807, 2.05) is 6.07 Å². The molecular weight excluding hydrogens is 557 g/mol. The molecule has 2 fully saturated rings. The van der Waals surface area contributed by atoms with Gasteiger partial charge >= 0.3 is 6.36 Å². The SMILES string of the molecule is C[C@H]1C[C@@H](n2c(Nc3ccc(OC(F)(F)F)cc3)nc3ccc(C(=O)NC4CCS(O)(O)CC4)cc32)CC(C)(C)C1. The number of alkyl halides is 3. The van der Waals surface area contributed by atoms with Crippen LogP contribution in [-0.4, -0.2) is 48.5 Å². The van der Waals surface area contributed by atoms with Gasteiger partial charge in [0, 0.05) is 34.8 Å². The summed E-state index contributed by atoms with van der Waals surface area (Å²) in [4.78, 5) is 18.0. The van der Waals surface area contributed by atoms with Gasteiger partial charge in [-0.2, -0.15) is 10.6 Å². The van der Waals surface area contributed by atoms with E-state index in [1.165, 1.54) is 24.3 Å². The van der Waals surface area contributed by atoms with E-state index in [0.29, 0.717) is 41.5 Å². The van der Waals surface area contributed by atoms with Gasteiger partial charge in [-0.3, -0.25) is 13.9 Å². The molecule has 12 heteroatoms. The van der Waals surface area contributed by atoms with Crippen molar-refractivity contribution in [2.75, 3.05) is 16.8 Å². The predicted octanol–water partition coefficient (Wildman–Crippen LogP) is 7.71. The first kappa shape index (κ1) is 29.5. The molecule has 2 atom stereocenters. The average molecular weight is 595 g/mol. The van der Waals surface area contributed by atoms with Crippen LogP contribution in [0.2, 0.25) is 0 Å². The van der Waals surface area contributed by atoms with Gasteiger partial charge in [-0.15, -0.1) is 13.2 Å². The second-order valence-electron chi connectivity index (χ2n) is 12.2. The number of carbonyl (C=O) groups is 1. The van der Waals surface area contributed by atoms with Crippen molar-refractivity contribution < 1.29 is 31.8 Å². The molecule has 1 amide bonds. The number of nitrogens with zero attached hydrogens (tertiary/aromatic N) is 2. The van der Waals surface area contributed by atoms with Crippen LogP contribution >= 0.6 is 10.6 Å². The Morgan fingerprint density at radius 3 is 2.41 bits per heavy atom. The standard InChI is InChI=1S/C29H37F3N4O4S/c1-18-14-22(17-28(2,3)16-18)36-25-15-19(26(37)33-21-10-12-41(38,39)13-11-21)4-9-24(25)35-27(36)34-20-5-7-23(8-6-20)40-29(30,31)32/h4-9,15,18,21-22,38-39H,10-14,16-17H2,1-3H3,(H,33,37)(H,34,35)/t18-,22+/m0/s1. The molecule has 0 radical (unpaired) electrons. The fourth-order valence-corrected chi connectivity index (χ4v) is 7.90. The van der Waals surface area contributed by atoms with Crippen molar-refractivity contribution in [3.05, 3.63) is 48.0 Å². The summed E-state index contributed by atoms with van der Waals surface area (Å²) < 4.78 is 63.8. The molecule has 4 N–H and O–H groups in total. The highest BCUT2D eigenvalue weighted by atomic mass is 32.3. The van der Waals surface area contributed by atoms with E-state index in [4.69, 9.17) is 4.98 Å². The highest BCUT2D eigenvalue weighted by molar-refractivity contribution is 8.24. The maximum Gasteiger partial charge on any atom is 0.573 e. The Morgan fingerprint density at radius 2 is 1.78 bits per heavy atom. The Hall–Kier alpha value is -2.96. The summed E-state index contributed by atoms with van der Waals surface area (Å²) in [6.45, 7) is 6.73. The number of rotatable bonds is 6. The fourth-order valence-electron chi connectivity index (χ4n) is 6.37. The predicted molar refractivity (Wildman–Crippen MR) is 155 cm³/mol. The molecule has 1 saturated carbocycles. The maximum atomic E-state index is 13.2. The normalized spacial score (nSPS) is 23.6. The summed E-state index contributed by atoms with van der Waals surface area (Å²) in [5, 5.41) is 6.32. The van der Waals surface area contributed by atoms with E-state index in [0.717, 1.165) is 24.8 Å². The Labute approximate surface area is 239 Å². The van der Waals surface area contributed by atoms with E-state index in [9.17, 15) is 27.1 Å². The number of benzene rings is 2. The molecule has 2 aromatic carbocycles. The molecule has 1 saturated heterocycles. The van der Waals surface area contributed by atoms with Gasteiger partial charge in [0.05, 0.1) is 11.0 Å². The number of hydrogen-bond donors (Lipinski definition) is 4. The molecule has 224 valence electrons. The molecule has 8 nitrogen and oxygen atoms in total. The Balaban J connectivity index is 1.46. The largest absolute Gasteiger partial charge is 0.573 e. The summed E-state index contributed by atoms with van der Waals surface area (Å²) in [7, 11) is -2.54. The van der Waals surface area contributed by atoms with Crippen LogP contribution in [0.5, 0.6) is 5.75 Å². The molecule has 2 heterocycles. The zero-order chi connectivity index (χ0) is 29.6. The Morgan fingerprint density at radius 1 is 1.10 bits per heavy atom. The quantitative estimate of drug-likeness (QED) is 0.233. The monoisotopic (exact) mass is 594 g/mol. The number of hydrogen-bond acceptors (Lipinski definition) is 6. The average Bonchev–Trinajstić information content (AvgIpc) is 3.21. The van der Waals surface area contributed by atoms with Crippen molar-refractivity contribution in [3.63, 3.8) is 0 Å². The topological polar surface area (TPSA) is 109 Å². The Kier molecular flexibility index (Phi) is 7.95. The van der Waals surface area contributed by atoms with E-state index in [-0.39, 0.29) is 40.7 Å². The summed E-state index contributed by atoms with van der Waals surface area (Å²) >= 11 is 0. The minimum Gasteiger partial charge on any atom is -0.406 e. The highest BCUT2D eigenvalue weighted by Crippen LogP contribution is 2.46. The number of nitrogens with one attached hydrogen (secondary N) is 2. The van der Waals surface area contributed by atoms with Gasteiger partial charge in [-0.05, 0) is 85.9 Å². The summed E-state index contributed by atoms with van der Waals surface area (Å²) in [5.41, 5.74) is 2.63. The van der Waals surface area contributed by atoms with Crippen molar-refractivity contribution in [1.82, 2.24) is 14.9 Å². The fraction of sp³-hybridized carbons (Fsp3) is 0.517. The van der Waals surface area contributed by atoms with Crippen LogP contribution < -0.4 is 15.4 Å². The van der Waals surface area contributed by atoms with Gasteiger partial charge in [0.1, 0.15) is 5.75 Å². The van der Waals surface area contributed by atoms with Crippen LogP contribution in [0.25, 0.3) is 11.0 Å². The second kappa shape index (κ2) is 11.0. The number of fused-ring (bicyclic) bond motifs is 1. The maximum absolute atomic E-state index is 13.2. The number of carbonyl (C=O) groups excluding carboxylic acids is 1. The number of anilines is 2. The number of amides is 1. The van der Waals surface area contributed by atoms with Crippen molar-refractivity contribution in [3.8, 4) is 5.75 Å². The molecule has 5 rings (SSSR count). The molecule has 0 bridgehead atoms. The zero-order valence-corrected chi connectivity index (χ0v) is 24.2. The number of halogens is 3. The zero-order valence-electron chi connectivity index (χ0n) is 23.4. The molecule has 41 heavy (non-hydrogen) atoms. The molecule has 3 aromatic rings. The van der Waals surface area contributed by atoms with Crippen molar-refractivity contribution >= 4 is 39.2 Å². The van der Waals surface area contributed by atoms with Crippen LogP contribution in [0.15, 0.2) is 42.5 Å².